The fraction of sp³-hybridized carbons (Fsp3) is 0.381. The van der Waals surface area contributed by atoms with E-state index in [1.807, 2.05) is 42.3 Å². The Kier molecular flexibility index (Phi) is 5.46. The van der Waals surface area contributed by atoms with Gasteiger partial charge in [0.05, 0.1) is 23.4 Å². The van der Waals surface area contributed by atoms with Crippen molar-refractivity contribution < 1.29 is 9.53 Å². The second-order valence-corrected chi connectivity index (χ2v) is 7.28. The third-order valence-electron chi connectivity index (χ3n) is 5.30. The number of methoxy groups -OCH3 is 1. The number of amides is 1. The number of piperazine rings is 1. The summed E-state index contributed by atoms with van der Waals surface area (Å²) in [6.07, 6.45) is 3.48. The predicted molar refractivity (Wildman–Crippen MR) is 110 cm³/mol. The Morgan fingerprint density at radius 2 is 1.83 bits per heavy atom. The molecule has 4 rings (SSSR count). The number of hydrogen-bond donors (Lipinski definition) is 0. The van der Waals surface area contributed by atoms with E-state index in [4.69, 9.17) is 4.74 Å². The van der Waals surface area contributed by atoms with Crippen LogP contribution >= 0.6 is 0 Å². The monoisotopic (exact) mass is 395 g/mol. The molecule has 1 aromatic rings. The lowest BCUT2D eigenvalue weighted by Crippen LogP contribution is -2.49. The molecule has 152 valence electrons. The van der Waals surface area contributed by atoms with Gasteiger partial charge in [0, 0.05) is 59.3 Å². The van der Waals surface area contributed by atoms with E-state index in [1.165, 1.54) is 4.68 Å². The van der Waals surface area contributed by atoms with Gasteiger partial charge in [-0.2, -0.15) is 9.78 Å². The quantitative estimate of drug-likeness (QED) is 0.647. The molecule has 1 fully saturated rings. The molecule has 3 aliphatic rings. The van der Waals surface area contributed by atoms with E-state index < -0.39 is 0 Å². The number of nitrogens with zero attached hydrogens (tertiary/aromatic N) is 5. The number of hydrogen-bond acceptors (Lipinski definition) is 5. The maximum absolute atomic E-state index is 13.3. The number of aryl methyl sites for hydroxylation is 1. The minimum absolute atomic E-state index is 0.0877. The van der Waals surface area contributed by atoms with Crippen LogP contribution in [0.2, 0.25) is 0 Å². The van der Waals surface area contributed by atoms with Crippen LogP contribution < -0.4 is 5.56 Å². The van der Waals surface area contributed by atoms with E-state index in [9.17, 15) is 9.59 Å². The van der Waals surface area contributed by atoms with Crippen LogP contribution in [0.15, 0.2) is 47.5 Å². The lowest BCUT2D eigenvalue weighted by Gasteiger charge is -2.34. The Hall–Kier alpha value is -2.97. The maximum Gasteiger partial charge on any atom is 0.282 e. The van der Waals surface area contributed by atoms with Crippen molar-refractivity contribution in [1.82, 2.24) is 24.1 Å². The number of para-hydroxylation sites is 1. The Morgan fingerprint density at radius 1 is 1.10 bits per heavy atom. The fourth-order valence-electron chi connectivity index (χ4n) is 3.70. The lowest BCUT2D eigenvalue weighted by atomic mass is 10.1. The van der Waals surface area contributed by atoms with Crippen molar-refractivity contribution in [3.63, 3.8) is 0 Å². The number of rotatable bonds is 5. The van der Waals surface area contributed by atoms with E-state index >= 15 is 0 Å². The third kappa shape index (κ3) is 3.81. The lowest BCUT2D eigenvalue weighted by molar-refractivity contribution is 0.0594. The molecule has 0 radical (unpaired) electrons. The molecule has 1 aromatic carbocycles. The smallest absolute Gasteiger partial charge is 0.282 e. The first-order valence-electron chi connectivity index (χ1n) is 9.73. The van der Waals surface area contributed by atoms with E-state index in [2.05, 4.69) is 10.00 Å². The predicted octanol–water partition coefficient (Wildman–Crippen LogP) is 1.08. The number of carbonyl (C=O) groups is 1. The largest absolute Gasteiger partial charge is 0.383 e. The summed E-state index contributed by atoms with van der Waals surface area (Å²) in [5.41, 5.74) is 1.81. The summed E-state index contributed by atoms with van der Waals surface area (Å²) < 4.78 is 8.25. The molecular formula is C21H25N5O3. The summed E-state index contributed by atoms with van der Waals surface area (Å²) in [5, 5.41) is 4.51. The highest BCUT2D eigenvalue weighted by Gasteiger charge is 2.28. The summed E-state index contributed by atoms with van der Waals surface area (Å²) >= 11 is 0. The van der Waals surface area contributed by atoms with Gasteiger partial charge in [0.1, 0.15) is 5.69 Å². The number of carbonyl (C=O) groups excluding carboxylic acids is 1. The molecule has 0 atom stereocenters. The highest BCUT2D eigenvalue weighted by Crippen LogP contribution is 2.23. The van der Waals surface area contributed by atoms with Gasteiger partial charge in [0.2, 0.25) is 0 Å². The molecule has 0 bridgehead atoms. The zero-order valence-electron chi connectivity index (χ0n) is 16.7. The molecule has 1 amide bonds. The zero-order valence-corrected chi connectivity index (χ0v) is 16.7. The molecule has 0 aliphatic carbocycles. The summed E-state index contributed by atoms with van der Waals surface area (Å²) in [4.78, 5) is 30.3. The van der Waals surface area contributed by atoms with E-state index in [-0.39, 0.29) is 11.5 Å². The highest BCUT2D eigenvalue weighted by atomic mass is 16.5. The average molecular weight is 395 g/mol. The van der Waals surface area contributed by atoms with Crippen LogP contribution in [0.25, 0.3) is 16.9 Å². The minimum Gasteiger partial charge on any atom is -0.383 e. The maximum atomic E-state index is 13.3. The Labute approximate surface area is 169 Å². The molecule has 0 aromatic heterocycles. The first-order chi connectivity index (χ1) is 14.1. The molecule has 0 saturated carbocycles. The first-order valence-corrected chi connectivity index (χ1v) is 9.73. The zero-order chi connectivity index (χ0) is 20.4. The molecule has 3 heterocycles. The average Bonchev–Trinajstić information content (AvgIpc) is 3.08. The second kappa shape index (κ2) is 8.18. The number of ether oxygens (including phenoxy) is 1. The Bertz CT molecular complexity index is 1020. The van der Waals surface area contributed by atoms with Gasteiger partial charge in [0.15, 0.2) is 0 Å². The van der Waals surface area contributed by atoms with Crippen LogP contribution in [0, 0.1) is 0 Å². The van der Waals surface area contributed by atoms with Gasteiger partial charge >= 0.3 is 0 Å². The number of aromatic nitrogens is 3. The van der Waals surface area contributed by atoms with Gasteiger partial charge in [-0.05, 0) is 12.1 Å². The van der Waals surface area contributed by atoms with Gasteiger partial charge in [-0.3, -0.25) is 14.5 Å². The molecular weight excluding hydrogens is 370 g/mol. The van der Waals surface area contributed by atoms with E-state index in [0.29, 0.717) is 42.2 Å². The Morgan fingerprint density at radius 3 is 2.52 bits per heavy atom. The normalized spacial score (nSPS) is 15.2. The highest BCUT2D eigenvalue weighted by molar-refractivity contribution is 6.00. The molecule has 0 unspecified atom stereocenters. The second-order valence-electron chi connectivity index (χ2n) is 7.28. The minimum atomic E-state index is -0.221. The van der Waals surface area contributed by atoms with E-state index in [0.717, 1.165) is 19.6 Å². The molecule has 3 aliphatic heterocycles. The summed E-state index contributed by atoms with van der Waals surface area (Å²) in [6.45, 7) is 4.46. The molecule has 0 spiro atoms. The van der Waals surface area contributed by atoms with Crippen LogP contribution in [-0.4, -0.2) is 76.5 Å². The third-order valence-corrected chi connectivity index (χ3v) is 5.30. The van der Waals surface area contributed by atoms with E-state index in [1.54, 1.807) is 24.1 Å². The van der Waals surface area contributed by atoms with Crippen molar-refractivity contribution >= 4 is 5.91 Å². The van der Waals surface area contributed by atoms with Crippen LogP contribution in [0.3, 0.4) is 0 Å². The molecule has 29 heavy (non-hydrogen) atoms. The summed E-state index contributed by atoms with van der Waals surface area (Å²) in [5.74, 6) is -0.0877. The van der Waals surface area contributed by atoms with Gasteiger partial charge in [0.25, 0.3) is 11.5 Å². The molecule has 8 nitrogen and oxygen atoms in total. The fourth-order valence-corrected chi connectivity index (χ4v) is 3.70. The molecule has 8 heteroatoms. The molecule has 1 saturated heterocycles. The van der Waals surface area contributed by atoms with Crippen molar-refractivity contribution in [2.45, 2.75) is 0 Å². The van der Waals surface area contributed by atoms with Crippen LogP contribution in [0.5, 0.6) is 0 Å². The van der Waals surface area contributed by atoms with Crippen molar-refractivity contribution in [2.24, 2.45) is 7.05 Å². The van der Waals surface area contributed by atoms with Crippen molar-refractivity contribution in [3.05, 3.63) is 58.6 Å². The first kappa shape index (κ1) is 19.4. The SMILES string of the molecule is COCCN1CCN(C(=O)c2cn(C)cc3c(=O)n(-c4ccccc4)nc2-3)CC1. The number of pyridine rings is 1. The van der Waals surface area contributed by atoms with Crippen molar-refractivity contribution in [2.75, 3.05) is 46.4 Å². The van der Waals surface area contributed by atoms with Crippen molar-refractivity contribution in [3.8, 4) is 16.9 Å². The van der Waals surface area contributed by atoms with Crippen LogP contribution in [0.4, 0.5) is 0 Å². The Balaban J connectivity index is 1.64. The van der Waals surface area contributed by atoms with Crippen molar-refractivity contribution in [1.29, 1.82) is 0 Å². The van der Waals surface area contributed by atoms with Crippen LogP contribution in [-0.2, 0) is 11.8 Å². The number of fused-ring (bicyclic) bond motifs is 1. The van der Waals surface area contributed by atoms with Gasteiger partial charge < -0.3 is 14.2 Å². The standard InChI is InChI=1S/C21H25N5O3/c1-23-14-17(20(27)25-10-8-24(9-11-25)12-13-29-2)19-18(15-23)21(28)26(22-19)16-6-4-3-5-7-16/h3-7,14-15H,8-13H2,1-2H3. The topological polar surface area (TPSA) is 72.6 Å². The molecule has 0 N–H and O–H groups in total. The summed E-state index contributed by atoms with van der Waals surface area (Å²) in [6, 6.07) is 9.26. The van der Waals surface area contributed by atoms with Gasteiger partial charge in [-0.1, -0.05) is 18.2 Å². The van der Waals surface area contributed by atoms with Crippen LogP contribution in [0.1, 0.15) is 10.4 Å². The van der Waals surface area contributed by atoms with Gasteiger partial charge in [-0.15, -0.1) is 0 Å². The number of benzene rings is 1. The summed E-state index contributed by atoms with van der Waals surface area (Å²) in [7, 11) is 3.51. The van der Waals surface area contributed by atoms with Gasteiger partial charge in [-0.25, -0.2) is 0 Å².